The maximum atomic E-state index is 11.7. The van der Waals surface area contributed by atoms with Crippen LogP contribution in [0.15, 0.2) is 6.33 Å². The maximum Gasteiger partial charge on any atom is 0.315 e. The number of aryl methyl sites for hydroxylation is 1. The molecule has 2 amide bonds. The molecular weight excluding hydrogens is 246 g/mol. The number of rotatable bonds is 4. The number of urea groups is 1. The zero-order valence-corrected chi connectivity index (χ0v) is 11.2. The first-order valence-corrected chi connectivity index (χ1v) is 6.78. The summed E-state index contributed by atoms with van der Waals surface area (Å²) in [6, 6.07) is -0.0283. The van der Waals surface area contributed by atoms with Crippen molar-refractivity contribution in [1.82, 2.24) is 25.4 Å². The SMILES string of the molecule is CCn1cnnc1CNC(=O)NC1CCC(O)CC1. The summed E-state index contributed by atoms with van der Waals surface area (Å²) in [6.45, 7) is 3.15. The maximum absolute atomic E-state index is 11.7. The van der Waals surface area contributed by atoms with Gasteiger partial charge in [-0.1, -0.05) is 0 Å². The number of aromatic nitrogens is 3. The normalized spacial score (nSPS) is 23.1. The molecule has 106 valence electrons. The van der Waals surface area contributed by atoms with Gasteiger partial charge in [-0.15, -0.1) is 10.2 Å². The average molecular weight is 267 g/mol. The van der Waals surface area contributed by atoms with E-state index in [1.165, 1.54) is 0 Å². The molecule has 0 unspecified atom stereocenters. The van der Waals surface area contributed by atoms with Gasteiger partial charge in [0.1, 0.15) is 6.33 Å². The lowest BCUT2D eigenvalue weighted by atomic mass is 9.93. The Balaban J connectivity index is 1.73. The number of aliphatic hydroxyl groups excluding tert-OH is 1. The molecule has 7 heteroatoms. The minimum absolute atomic E-state index is 0.160. The van der Waals surface area contributed by atoms with Crippen LogP contribution in [0, 0.1) is 0 Å². The van der Waals surface area contributed by atoms with Gasteiger partial charge in [0, 0.05) is 12.6 Å². The van der Waals surface area contributed by atoms with E-state index in [4.69, 9.17) is 0 Å². The molecule has 0 aromatic carbocycles. The number of hydrogen-bond donors (Lipinski definition) is 3. The fraction of sp³-hybridized carbons (Fsp3) is 0.750. The molecule has 1 aromatic rings. The van der Waals surface area contributed by atoms with Gasteiger partial charge in [-0.05, 0) is 32.6 Å². The van der Waals surface area contributed by atoms with Crippen molar-refractivity contribution in [2.75, 3.05) is 0 Å². The van der Waals surface area contributed by atoms with E-state index < -0.39 is 0 Å². The summed E-state index contributed by atoms with van der Waals surface area (Å²) in [5.41, 5.74) is 0. The number of nitrogens with one attached hydrogen (secondary N) is 2. The summed E-state index contributed by atoms with van der Waals surface area (Å²) in [7, 11) is 0. The second-order valence-electron chi connectivity index (χ2n) is 4.87. The van der Waals surface area contributed by atoms with Gasteiger partial charge in [-0.3, -0.25) is 0 Å². The highest BCUT2D eigenvalue weighted by atomic mass is 16.3. The van der Waals surface area contributed by atoms with E-state index >= 15 is 0 Å². The standard InChI is InChI=1S/C12H21N5O2/c1-2-17-8-14-16-11(17)7-13-12(19)15-9-3-5-10(18)6-4-9/h8-10,18H,2-7H2,1H3,(H2,13,15,19). The van der Waals surface area contributed by atoms with E-state index in [0.717, 1.165) is 38.1 Å². The number of hydrogen-bond acceptors (Lipinski definition) is 4. The van der Waals surface area contributed by atoms with Gasteiger partial charge in [0.05, 0.1) is 12.6 Å². The minimum Gasteiger partial charge on any atom is -0.393 e. The first kappa shape index (κ1) is 13.8. The molecule has 2 rings (SSSR count). The molecule has 1 aliphatic carbocycles. The zero-order valence-electron chi connectivity index (χ0n) is 11.2. The van der Waals surface area contributed by atoms with E-state index in [2.05, 4.69) is 20.8 Å². The van der Waals surface area contributed by atoms with Crippen LogP contribution < -0.4 is 10.6 Å². The molecule has 1 fully saturated rings. The molecule has 0 bridgehead atoms. The Bertz CT molecular complexity index is 412. The zero-order chi connectivity index (χ0) is 13.7. The van der Waals surface area contributed by atoms with Crippen molar-refractivity contribution >= 4 is 6.03 Å². The van der Waals surface area contributed by atoms with Crippen LogP contribution in [0.2, 0.25) is 0 Å². The van der Waals surface area contributed by atoms with Crippen LogP contribution in [-0.2, 0) is 13.1 Å². The first-order chi connectivity index (χ1) is 9.19. The molecule has 0 aliphatic heterocycles. The van der Waals surface area contributed by atoms with E-state index in [0.29, 0.717) is 6.54 Å². The molecule has 1 aromatic heterocycles. The highest BCUT2D eigenvalue weighted by Gasteiger charge is 2.20. The molecule has 19 heavy (non-hydrogen) atoms. The third-order valence-corrected chi connectivity index (χ3v) is 3.48. The van der Waals surface area contributed by atoms with E-state index in [9.17, 15) is 9.90 Å². The molecular formula is C12H21N5O2. The van der Waals surface area contributed by atoms with Crippen molar-refractivity contribution in [1.29, 1.82) is 0 Å². The summed E-state index contributed by atoms with van der Waals surface area (Å²) in [5, 5.41) is 22.9. The van der Waals surface area contributed by atoms with Crippen molar-refractivity contribution in [3.05, 3.63) is 12.2 Å². The third-order valence-electron chi connectivity index (χ3n) is 3.48. The first-order valence-electron chi connectivity index (χ1n) is 6.78. The summed E-state index contributed by atoms with van der Waals surface area (Å²) in [4.78, 5) is 11.7. The number of nitrogens with zero attached hydrogens (tertiary/aromatic N) is 3. The lowest BCUT2D eigenvalue weighted by molar-refractivity contribution is 0.117. The number of aliphatic hydroxyl groups is 1. The second-order valence-corrected chi connectivity index (χ2v) is 4.87. The van der Waals surface area contributed by atoms with E-state index in [1.54, 1.807) is 6.33 Å². The molecule has 7 nitrogen and oxygen atoms in total. The van der Waals surface area contributed by atoms with Crippen LogP contribution in [0.25, 0.3) is 0 Å². The van der Waals surface area contributed by atoms with Crippen molar-refractivity contribution in [2.45, 2.75) is 57.8 Å². The molecule has 1 saturated carbocycles. The smallest absolute Gasteiger partial charge is 0.315 e. The Morgan fingerprint density at radius 1 is 1.47 bits per heavy atom. The van der Waals surface area contributed by atoms with Crippen LogP contribution in [-0.4, -0.2) is 38.0 Å². The van der Waals surface area contributed by atoms with Gasteiger partial charge in [0.2, 0.25) is 0 Å². The predicted octanol–water partition coefficient (Wildman–Crippen LogP) is 0.401. The topological polar surface area (TPSA) is 92.1 Å². The van der Waals surface area contributed by atoms with Gasteiger partial charge in [0.15, 0.2) is 5.82 Å². The number of carbonyl (C=O) groups excluding carboxylic acids is 1. The van der Waals surface area contributed by atoms with Crippen LogP contribution in [0.3, 0.4) is 0 Å². The Hall–Kier alpha value is -1.63. The Morgan fingerprint density at radius 2 is 2.21 bits per heavy atom. The molecule has 1 aliphatic rings. The Morgan fingerprint density at radius 3 is 2.89 bits per heavy atom. The summed E-state index contributed by atoms with van der Waals surface area (Å²) in [5.74, 6) is 0.747. The second kappa shape index (κ2) is 6.51. The summed E-state index contributed by atoms with van der Waals surface area (Å²) in [6.07, 6.45) is 4.63. The molecule has 0 saturated heterocycles. The minimum atomic E-state index is -0.204. The van der Waals surface area contributed by atoms with Crippen LogP contribution in [0.4, 0.5) is 4.79 Å². The van der Waals surface area contributed by atoms with Gasteiger partial charge in [-0.2, -0.15) is 0 Å². The number of amides is 2. The Labute approximate surface area is 112 Å². The van der Waals surface area contributed by atoms with Crippen molar-refractivity contribution in [2.24, 2.45) is 0 Å². The fourth-order valence-electron chi connectivity index (χ4n) is 2.30. The lowest BCUT2D eigenvalue weighted by Gasteiger charge is -2.26. The fourth-order valence-corrected chi connectivity index (χ4v) is 2.30. The monoisotopic (exact) mass is 267 g/mol. The van der Waals surface area contributed by atoms with Crippen LogP contribution in [0.5, 0.6) is 0 Å². The largest absolute Gasteiger partial charge is 0.393 e. The third kappa shape index (κ3) is 3.92. The van der Waals surface area contributed by atoms with Gasteiger partial charge >= 0.3 is 6.03 Å². The average Bonchev–Trinajstić information content (AvgIpc) is 2.86. The van der Waals surface area contributed by atoms with Gasteiger partial charge < -0.3 is 20.3 Å². The Kier molecular flexibility index (Phi) is 4.73. The van der Waals surface area contributed by atoms with Crippen molar-refractivity contribution in [3.8, 4) is 0 Å². The molecule has 0 radical (unpaired) electrons. The lowest BCUT2D eigenvalue weighted by Crippen LogP contribution is -2.44. The molecule has 0 spiro atoms. The quantitative estimate of drug-likeness (QED) is 0.736. The van der Waals surface area contributed by atoms with Crippen LogP contribution in [0.1, 0.15) is 38.4 Å². The van der Waals surface area contributed by atoms with Crippen LogP contribution >= 0.6 is 0 Å². The van der Waals surface area contributed by atoms with Gasteiger partial charge in [0.25, 0.3) is 0 Å². The summed E-state index contributed by atoms with van der Waals surface area (Å²) >= 11 is 0. The number of carbonyl (C=O) groups is 1. The van der Waals surface area contributed by atoms with Crippen molar-refractivity contribution in [3.63, 3.8) is 0 Å². The highest BCUT2D eigenvalue weighted by molar-refractivity contribution is 5.74. The molecule has 0 atom stereocenters. The van der Waals surface area contributed by atoms with Gasteiger partial charge in [-0.25, -0.2) is 4.79 Å². The van der Waals surface area contributed by atoms with E-state index in [1.807, 2.05) is 11.5 Å². The van der Waals surface area contributed by atoms with Crippen molar-refractivity contribution < 1.29 is 9.90 Å². The highest BCUT2D eigenvalue weighted by Crippen LogP contribution is 2.17. The molecule has 1 heterocycles. The van der Waals surface area contributed by atoms with E-state index in [-0.39, 0.29) is 18.2 Å². The summed E-state index contributed by atoms with van der Waals surface area (Å²) < 4.78 is 1.89. The predicted molar refractivity (Wildman–Crippen MR) is 69.3 cm³/mol. The molecule has 3 N–H and O–H groups in total.